The maximum Gasteiger partial charge on any atom is 0.418 e. The molecule has 1 nitrogen and oxygen atoms in total. The third kappa shape index (κ3) is 2.98. The first-order valence-electron chi connectivity index (χ1n) is 6.41. The van der Waals surface area contributed by atoms with Gasteiger partial charge in [0.15, 0.2) is 0 Å². The predicted molar refractivity (Wildman–Crippen MR) is 66.5 cm³/mol. The van der Waals surface area contributed by atoms with Crippen LogP contribution in [0.5, 0.6) is 0 Å². The highest BCUT2D eigenvalue weighted by Gasteiger charge is 2.34. The molecule has 0 amide bonds. The number of rotatable bonds is 3. The molecule has 1 aromatic carbocycles. The first kappa shape index (κ1) is 13.2. The number of alkyl halides is 3. The monoisotopic (exact) mass is 257 g/mol. The molecular weight excluding hydrogens is 239 g/mol. The summed E-state index contributed by atoms with van der Waals surface area (Å²) in [6.45, 7) is 1.98. The summed E-state index contributed by atoms with van der Waals surface area (Å²) in [6, 6.07) is 5.79. The Morgan fingerprint density at radius 2 is 1.78 bits per heavy atom. The highest BCUT2D eigenvalue weighted by atomic mass is 19.4. The predicted octanol–water partition coefficient (Wildman–Crippen LogP) is 4.70. The lowest BCUT2D eigenvalue weighted by Gasteiger charge is -2.23. The first-order chi connectivity index (χ1) is 8.48. The van der Waals surface area contributed by atoms with E-state index in [0.29, 0.717) is 5.92 Å². The number of benzene rings is 1. The summed E-state index contributed by atoms with van der Waals surface area (Å²) in [5.41, 5.74) is -0.376. The van der Waals surface area contributed by atoms with E-state index in [1.165, 1.54) is 25.0 Å². The summed E-state index contributed by atoms with van der Waals surface area (Å²) in [6.07, 6.45) is 0.318. The molecule has 0 saturated heterocycles. The minimum Gasteiger partial charge on any atom is -0.382 e. The van der Waals surface area contributed by atoms with Crippen LogP contribution in [0.15, 0.2) is 24.3 Å². The largest absolute Gasteiger partial charge is 0.418 e. The molecule has 1 N–H and O–H groups in total. The van der Waals surface area contributed by atoms with Crippen molar-refractivity contribution in [1.82, 2.24) is 0 Å². The molecule has 0 radical (unpaired) electrons. The van der Waals surface area contributed by atoms with Crippen molar-refractivity contribution in [2.75, 3.05) is 5.32 Å². The minimum atomic E-state index is -4.29. The van der Waals surface area contributed by atoms with Gasteiger partial charge in [0.25, 0.3) is 0 Å². The summed E-state index contributed by atoms with van der Waals surface area (Å²) in [4.78, 5) is 0. The Morgan fingerprint density at radius 3 is 2.39 bits per heavy atom. The van der Waals surface area contributed by atoms with Gasteiger partial charge in [0.1, 0.15) is 0 Å². The minimum absolute atomic E-state index is 0.0935. The number of nitrogens with one attached hydrogen (secondary N) is 1. The Hall–Kier alpha value is -1.19. The lowest BCUT2D eigenvalue weighted by molar-refractivity contribution is -0.137. The second-order valence-corrected chi connectivity index (χ2v) is 5.02. The van der Waals surface area contributed by atoms with Crippen LogP contribution >= 0.6 is 0 Å². The second-order valence-electron chi connectivity index (χ2n) is 5.02. The molecule has 4 heteroatoms. The third-order valence-corrected chi connectivity index (χ3v) is 3.72. The molecule has 0 bridgehead atoms. The van der Waals surface area contributed by atoms with Gasteiger partial charge in [0.05, 0.1) is 5.56 Å². The highest BCUT2D eigenvalue weighted by molar-refractivity contribution is 5.53. The van der Waals surface area contributed by atoms with Crippen molar-refractivity contribution in [3.8, 4) is 0 Å². The fourth-order valence-electron chi connectivity index (χ4n) is 2.68. The van der Waals surface area contributed by atoms with E-state index < -0.39 is 11.7 Å². The standard InChI is InChI=1S/C14H18F3N/c1-10(11-6-2-3-7-11)18-13-9-5-4-8-12(13)14(15,16)17/h4-5,8-11,18H,2-3,6-7H2,1H3. The lowest BCUT2D eigenvalue weighted by atomic mass is 9.99. The van der Waals surface area contributed by atoms with Crippen molar-refractivity contribution >= 4 is 5.69 Å². The zero-order valence-corrected chi connectivity index (χ0v) is 10.4. The maximum absolute atomic E-state index is 12.8. The molecule has 1 saturated carbocycles. The molecule has 2 rings (SSSR count). The Bertz CT molecular complexity index is 394. The second kappa shape index (κ2) is 5.21. The molecule has 1 atom stereocenters. The summed E-state index contributed by atoms with van der Waals surface area (Å²) in [5.74, 6) is 0.492. The fourth-order valence-corrected chi connectivity index (χ4v) is 2.68. The molecule has 1 unspecified atom stereocenters. The van der Waals surface area contributed by atoms with Gasteiger partial charge in [-0.1, -0.05) is 25.0 Å². The quantitative estimate of drug-likeness (QED) is 0.827. The SMILES string of the molecule is CC(Nc1ccccc1C(F)(F)F)C1CCCC1. The van der Waals surface area contributed by atoms with Gasteiger partial charge in [-0.15, -0.1) is 0 Å². The maximum atomic E-state index is 12.8. The van der Waals surface area contributed by atoms with Gasteiger partial charge in [-0.25, -0.2) is 0 Å². The van der Waals surface area contributed by atoms with Gasteiger partial charge in [-0.05, 0) is 37.8 Å². The van der Waals surface area contributed by atoms with Crippen molar-refractivity contribution in [3.05, 3.63) is 29.8 Å². The summed E-state index contributed by atoms with van der Waals surface area (Å²) in [7, 11) is 0. The lowest BCUT2D eigenvalue weighted by Crippen LogP contribution is -2.25. The smallest absolute Gasteiger partial charge is 0.382 e. The van der Waals surface area contributed by atoms with Crippen LogP contribution in [-0.2, 0) is 6.18 Å². The first-order valence-corrected chi connectivity index (χ1v) is 6.41. The van der Waals surface area contributed by atoms with Crippen LogP contribution in [0.2, 0.25) is 0 Å². The van der Waals surface area contributed by atoms with Gasteiger partial charge < -0.3 is 5.32 Å². The van der Waals surface area contributed by atoms with E-state index in [1.807, 2.05) is 6.92 Å². The normalized spacial score (nSPS) is 18.9. The highest BCUT2D eigenvalue weighted by Crippen LogP contribution is 2.36. The summed E-state index contributed by atoms with van der Waals surface area (Å²) < 4.78 is 38.5. The van der Waals surface area contributed by atoms with Gasteiger partial charge in [0.2, 0.25) is 0 Å². The zero-order valence-electron chi connectivity index (χ0n) is 10.4. The fraction of sp³-hybridized carbons (Fsp3) is 0.571. The average molecular weight is 257 g/mol. The van der Waals surface area contributed by atoms with Gasteiger partial charge in [-0.2, -0.15) is 13.2 Å². The Balaban J connectivity index is 2.13. The Kier molecular flexibility index (Phi) is 3.83. The number of hydrogen-bond donors (Lipinski definition) is 1. The van der Waals surface area contributed by atoms with E-state index in [2.05, 4.69) is 5.32 Å². The van der Waals surface area contributed by atoms with Crippen LogP contribution < -0.4 is 5.32 Å². The van der Waals surface area contributed by atoms with Crippen LogP contribution in [0.4, 0.5) is 18.9 Å². The van der Waals surface area contributed by atoms with E-state index in [9.17, 15) is 13.2 Å². The molecule has 18 heavy (non-hydrogen) atoms. The molecule has 1 fully saturated rings. The van der Waals surface area contributed by atoms with Gasteiger partial charge >= 0.3 is 6.18 Å². The van der Waals surface area contributed by atoms with Gasteiger partial charge in [-0.3, -0.25) is 0 Å². The Labute approximate surface area is 105 Å². The van der Waals surface area contributed by atoms with Crippen LogP contribution in [0.3, 0.4) is 0 Å². The van der Waals surface area contributed by atoms with Crippen LogP contribution in [-0.4, -0.2) is 6.04 Å². The van der Waals surface area contributed by atoms with E-state index >= 15 is 0 Å². The number of para-hydroxylation sites is 1. The number of anilines is 1. The number of halogens is 3. The van der Waals surface area contributed by atoms with Crippen LogP contribution in [0, 0.1) is 5.92 Å². The Morgan fingerprint density at radius 1 is 1.17 bits per heavy atom. The van der Waals surface area contributed by atoms with Crippen LogP contribution in [0.1, 0.15) is 38.2 Å². The summed E-state index contributed by atoms with van der Waals surface area (Å²) in [5, 5.41) is 3.04. The van der Waals surface area contributed by atoms with Crippen molar-refractivity contribution in [2.45, 2.75) is 44.8 Å². The van der Waals surface area contributed by atoms with Crippen molar-refractivity contribution in [1.29, 1.82) is 0 Å². The van der Waals surface area contributed by atoms with E-state index in [-0.39, 0.29) is 11.7 Å². The van der Waals surface area contributed by atoms with Crippen LogP contribution in [0.25, 0.3) is 0 Å². The molecule has 0 spiro atoms. The zero-order chi connectivity index (χ0) is 13.2. The molecule has 100 valence electrons. The molecular formula is C14H18F3N. The van der Waals surface area contributed by atoms with Gasteiger partial charge in [0, 0.05) is 11.7 Å². The number of hydrogen-bond acceptors (Lipinski definition) is 1. The summed E-state index contributed by atoms with van der Waals surface area (Å²) >= 11 is 0. The van der Waals surface area contributed by atoms with E-state index in [1.54, 1.807) is 6.07 Å². The molecule has 1 aliphatic rings. The average Bonchev–Trinajstić information content (AvgIpc) is 2.81. The van der Waals surface area contributed by atoms with E-state index in [0.717, 1.165) is 18.9 Å². The molecule has 1 aliphatic carbocycles. The van der Waals surface area contributed by atoms with Crippen molar-refractivity contribution < 1.29 is 13.2 Å². The van der Waals surface area contributed by atoms with Crippen molar-refractivity contribution in [2.24, 2.45) is 5.92 Å². The van der Waals surface area contributed by atoms with E-state index in [4.69, 9.17) is 0 Å². The molecule has 0 heterocycles. The molecule has 1 aromatic rings. The third-order valence-electron chi connectivity index (χ3n) is 3.72. The molecule has 0 aromatic heterocycles. The molecule has 0 aliphatic heterocycles. The van der Waals surface area contributed by atoms with Crippen molar-refractivity contribution in [3.63, 3.8) is 0 Å². The topological polar surface area (TPSA) is 12.0 Å².